The average Bonchev–Trinajstić information content (AvgIpc) is 2.44. The standard InChI is InChI=1S/C17H29N3/c1-14(2)5-9-20-10-6-16(7-11-20)13-19-17-4-8-18-15(3)12-17/h4,8,12,14,16H,5-7,9-11,13H2,1-3H3,(H,18,19). The Labute approximate surface area is 123 Å². The Bertz CT molecular complexity index is 395. The van der Waals surface area contributed by atoms with Crippen molar-refractivity contribution in [2.24, 2.45) is 11.8 Å². The van der Waals surface area contributed by atoms with Gasteiger partial charge in [0, 0.05) is 24.1 Å². The number of nitrogens with one attached hydrogen (secondary N) is 1. The van der Waals surface area contributed by atoms with Crippen molar-refractivity contribution in [1.29, 1.82) is 0 Å². The summed E-state index contributed by atoms with van der Waals surface area (Å²) in [4.78, 5) is 6.86. The lowest BCUT2D eigenvalue weighted by molar-refractivity contribution is 0.181. The molecule has 2 rings (SSSR count). The van der Waals surface area contributed by atoms with E-state index in [1.807, 2.05) is 13.1 Å². The fraction of sp³-hybridized carbons (Fsp3) is 0.706. The van der Waals surface area contributed by atoms with Gasteiger partial charge in [0.25, 0.3) is 0 Å². The van der Waals surface area contributed by atoms with Crippen molar-refractivity contribution < 1.29 is 0 Å². The third-order valence-electron chi connectivity index (χ3n) is 4.22. The fourth-order valence-corrected chi connectivity index (χ4v) is 2.77. The van der Waals surface area contributed by atoms with E-state index in [4.69, 9.17) is 0 Å². The molecule has 112 valence electrons. The van der Waals surface area contributed by atoms with Gasteiger partial charge in [-0.3, -0.25) is 4.98 Å². The molecule has 3 nitrogen and oxygen atoms in total. The number of piperidine rings is 1. The van der Waals surface area contributed by atoms with Gasteiger partial charge in [-0.1, -0.05) is 13.8 Å². The van der Waals surface area contributed by atoms with Crippen LogP contribution in [0.15, 0.2) is 18.3 Å². The van der Waals surface area contributed by atoms with Crippen LogP contribution in [0.4, 0.5) is 5.69 Å². The molecule has 20 heavy (non-hydrogen) atoms. The van der Waals surface area contributed by atoms with Gasteiger partial charge in [0.05, 0.1) is 0 Å². The molecule has 1 aliphatic heterocycles. The number of hydrogen-bond donors (Lipinski definition) is 1. The van der Waals surface area contributed by atoms with E-state index in [1.54, 1.807) is 0 Å². The summed E-state index contributed by atoms with van der Waals surface area (Å²) in [6, 6.07) is 4.18. The third kappa shape index (κ3) is 5.12. The summed E-state index contributed by atoms with van der Waals surface area (Å²) in [7, 11) is 0. The predicted octanol–water partition coefficient (Wildman–Crippen LogP) is 3.56. The zero-order valence-electron chi connectivity index (χ0n) is 13.2. The second-order valence-electron chi connectivity index (χ2n) is 6.53. The molecule has 0 aromatic carbocycles. The lowest BCUT2D eigenvalue weighted by Crippen LogP contribution is -2.36. The minimum atomic E-state index is 0.818. The van der Waals surface area contributed by atoms with Gasteiger partial charge in [0.1, 0.15) is 0 Å². The van der Waals surface area contributed by atoms with Crippen LogP contribution in [0, 0.1) is 18.8 Å². The smallest absolute Gasteiger partial charge is 0.0393 e. The van der Waals surface area contributed by atoms with Crippen molar-refractivity contribution in [2.75, 3.05) is 31.5 Å². The Morgan fingerprint density at radius 3 is 2.75 bits per heavy atom. The Morgan fingerprint density at radius 1 is 1.35 bits per heavy atom. The van der Waals surface area contributed by atoms with Crippen molar-refractivity contribution in [3.63, 3.8) is 0 Å². The van der Waals surface area contributed by atoms with Crippen LogP contribution in [0.1, 0.15) is 38.8 Å². The third-order valence-corrected chi connectivity index (χ3v) is 4.22. The zero-order valence-corrected chi connectivity index (χ0v) is 13.2. The second kappa shape index (κ2) is 7.63. The lowest BCUT2D eigenvalue weighted by atomic mass is 9.96. The van der Waals surface area contributed by atoms with Gasteiger partial charge in [0.15, 0.2) is 0 Å². The van der Waals surface area contributed by atoms with Gasteiger partial charge in [-0.15, -0.1) is 0 Å². The summed E-state index contributed by atoms with van der Waals surface area (Å²) < 4.78 is 0. The number of hydrogen-bond acceptors (Lipinski definition) is 3. The maximum absolute atomic E-state index is 4.23. The van der Waals surface area contributed by atoms with Crippen molar-refractivity contribution in [3.8, 4) is 0 Å². The van der Waals surface area contributed by atoms with Gasteiger partial charge in [0.2, 0.25) is 0 Å². The maximum atomic E-state index is 4.23. The van der Waals surface area contributed by atoms with Crippen LogP contribution in [0.25, 0.3) is 0 Å². The number of likely N-dealkylation sites (tertiary alicyclic amines) is 1. The molecule has 1 aliphatic rings. The topological polar surface area (TPSA) is 28.2 Å². The van der Waals surface area contributed by atoms with E-state index in [2.05, 4.69) is 41.2 Å². The molecule has 0 aliphatic carbocycles. The van der Waals surface area contributed by atoms with Crippen molar-refractivity contribution in [1.82, 2.24) is 9.88 Å². The Balaban J connectivity index is 1.67. The molecule has 1 N–H and O–H groups in total. The summed E-state index contributed by atoms with van der Waals surface area (Å²) in [6.07, 6.45) is 5.87. The first-order valence-electron chi connectivity index (χ1n) is 8.02. The van der Waals surface area contributed by atoms with Crippen LogP contribution in [-0.2, 0) is 0 Å². The number of anilines is 1. The van der Waals surface area contributed by atoms with E-state index >= 15 is 0 Å². The minimum Gasteiger partial charge on any atom is -0.385 e. The SMILES string of the molecule is Cc1cc(NCC2CCN(CCC(C)C)CC2)ccn1. The summed E-state index contributed by atoms with van der Waals surface area (Å²) in [5.74, 6) is 1.64. The largest absolute Gasteiger partial charge is 0.385 e. The number of rotatable bonds is 6. The van der Waals surface area contributed by atoms with Gasteiger partial charge in [-0.25, -0.2) is 0 Å². The van der Waals surface area contributed by atoms with E-state index in [9.17, 15) is 0 Å². The van der Waals surface area contributed by atoms with Crippen LogP contribution in [0.3, 0.4) is 0 Å². The van der Waals surface area contributed by atoms with Crippen LogP contribution < -0.4 is 5.32 Å². The molecule has 1 fully saturated rings. The van der Waals surface area contributed by atoms with Crippen LogP contribution >= 0.6 is 0 Å². The molecular formula is C17H29N3. The molecule has 0 spiro atoms. The Morgan fingerprint density at radius 2 is 2.10 bits per heavy atom. The molecule has 0 atom stereocenters. The number of aryl methyl sites for hydroxylation is 1. The summed E-state index contributed by atoms with van der Waals surface area (Å²) in [5, 5.41) is 3.56. The van der Waals surface area contributed by atoms with Gasteiger partial charge in [-0.05, 0) is 69.8 Å². The zero-order chi connectivity index (χ0) is 14.4. The Hall–Kier alpha value is -1.09. The molecule has 0 radical (unpaired) electrons. The quantitative estimate of drug-likeness (QED) is 0.860. The number of nitrogens with zero attached hydrogens (tertiary/aromatic N) is 2. The first-order valence-corrected chi connectivity index (χ1v) is 8.02. The van der Waals surface area contributed by atoms with E-state index in [-0.39, 0.29) is 0 Å². The molecule has 0 bridgehead atoms. The highest BCUT2D eigenvalue weighted by atomic mass is 15.1. The molecule has 0 amide bonds. The summed E-state index contributed by atoms with van der Waals surface area (Å²) in [5.41, 5.74) is 2.29. The number of pyridine rings is 1. The first kappa shape index (κ1) is 15.3. The van der Waals surface area contributed by atoms with E-state index in [0.29, 0.717) is 0 Å². The minimum absolute atomic E-state index is 0.818. The molecule has 0 saturated carbocycles. The normalized spacial score (nSPS) is 17.6. The monoisotopic (exact) mass is 275 g/mol. The van der Waals surface area contributed by atoms with Crippen molar-refractivity contribution >= 4 is 5.69 Å². The van der Waals surface area contributed by atoms with Gasteiger partial charge >= 0.3 is 0 Å². The van der Waals surface area contributed by atoms with Crippen LogP contribution in [0.2, 0.25) is 0 Å². The van der Waals surface area contributed by atoms with Gasteiger partial charge in [-0.2, -0.15) is 0 Å². The highest BCUT2D eigenvalue weighted by Gasteiger charge is 2.18. The molecule has 1 aromatic heterocycles. The first-order chi connectivity index (χ1) is 9.63. The summed E-state index contributed by atoms with van der Waals surface area (Å²) in [6.45, 7) is 11.6. The van der Waals surface area contributed by atoms with Crippen LogP contribution in [0.5, 0.6) is 0 Å². The molecular weight excluding hydrogens is 246 g/mol. The molecule has 1 saturated heterocycles. The molecule has 0 unspecified atom stereocenters. The number of aromatic nitrogens is 1. The van der Waals surface area contributed by atoms with Crippen LogP contribution in [-0.4, -0.2) is 36.1 Å². The lowest BCUT2D eigenvalue weighted by Gasteiger charge is -2.32. The van der Waals surface area contributed by atoms with Gasteiger partial charge < -0.3 is 10.2 Å². The second-order valence-corrected chi connectivity index (χ2v) is 6.53. The highest BCUT2D eigenvalue weighted by molar-refractivity contribution is 5.42. The van der Waals surface area contributed by atoms with Crippen molar-refractivity contribution in [2.45, 2.75) is 40.0 Å². The fourth-order valence-electron chi connectivity index (χ4n) is 2.77. The molecule has 3 heteroatoms. The highest BCUT2D eigenvalue weighted by Crippen LogP contribution is 2.19. The Kier molecular flexibility index (Phi) is 5.84. The summed E-state index contributed by atoms with van der Waals surface area (Å²) >= 11 is 0. The van der Waals surface area contributed by atoms with Crippen molar-refractivity contribution in [3.05, 3.63) is 24.0 Å². The molecule has 2 heterocycles. The maximum Gasteiger partial charge on any atom is 0.0393 e. The van der Waals surface area contributed by atoms with E-state index in [1.165, 1.54) is 44.6 Å². The average molecular weight is 275 g/mol. The van der Waals surface area contributed by atoms with E-state index < -0.39 is 0 Å². The molecule has 1 aromatic rings. The van der Waals surface area contributed by atoms with E-state index in [0.717, 1.165) is 24.1 Å². The predicted molar refractivity (Wildman–Crippen MR) is 86.1 cm³/mol.